The van der Waals surface area contributed by atoms with Crippen molar-refractivity contribution in [2.75, 3.05) is 31.5 Å². The van der Waals surface area contributed by atoms with Gasteiger partial charge in [0.2, 0.25) is 0 Å². The van der Waals surface area contributed by atoms with Gasteiger partial charge in [-0.2, -0.15) is 0 Å². The van der Waals surface area contributed by atoms with Crippen LogP contribution in [-0.4, -0.2) is 36.1 Å². The van der Waals surface area contributed by atoms with Crippen molar-refractivity contribution in [1.29, 1.82) is 0 Å². The highest BCUT2D eigenvalue weighted by atomic mass is 35.5. The number of pyridine rings is 1. The fourth-order valence-electron chi connectivity index (χ4n) is 2.16. The van der Waals surface area contributed by atoms with Gasteiger partial charge in [-0.05, 0) is 37.4 Å². The largest absolute Gasteiger partial charge is 0.383 e. The fourth-order valence-corrected chi connectivity index (χ4v) is 2.33. The van der Waals surface area contributed by atoms with Gasteiger partial charge in [0, 0.05) is 35.4 Å². The van der Waals surface area contributed by atoms with Gasteiger partial charge in [0.15, 0.2) is 0 Å². The van der Waals surface area contributed by atoms with E-state index in [0.717, 1.165) is 47.8 Å². The van der Waals surface area contributed by atoms with Crippen molar-refractivity contribution >= 4 is 40.6 Å². The molecule has 0 spiro atoms. The molecule has 0 saturated heterocycles. The maximum Gasteiger partial charge on any atom is 0.0737 e. The Morgan fingerprint density at radius 1 is 1.20 bits per heavy atom. The third-order valence-corrected chi connectivity index (χ3v) is 3.58. The van der Waals surface area contributed by atoms with Crippen molar-refractivity contribution < 1.29 is 0 Å². The Bertz CT molecular complexity index is 542. The lowest BCUT2D eigenvalue weighted by atomic mass is 10.2. The summed E-state index contributed by atoms with van der Waals surface area (Å²) in [5.41, 5.74) is 2.05. The molecule has 0 unspecified atom stereocenters. The molecule has 0 saturated carbocycles. The molecule has 1 heterocycles. The molecule has 2 rings (SSSR count). The molecule has 0 aliphatic rings. The normalized spacial score (nSPS) is 10.6. The van der Waals surface area contributed by atoms with Crippen LogP contribution in [0.25, 0.3) is 10.9 Å². The summed E-state index contributed by atoms with van der Waals surface area (Å²) in [6.07, 6.45) is 1.82. The Morgan fingerprint density at radius 3 is 2.65 bits per heavy atom. The Balaban J connectivity index is 0.00000200. The van der Waals surface area contributed by atoms with Gasteiger partial charge >= 0.3 is 0 Å². The summed E-state index contributed by atoms with van der Waals surface area (Å²) < 4.78 is 0. The molecular formula is C15H21Cl2N3. The molecule has 1 aromatic heterocycles. The van der Waals surface area contributed by atoms with Crippen LogP contribution in [0.5, 0.6) is 0 Å². The van der Waals surface area contributed by atoms with Crippen LogP contribution in [0.1, 0.15) is 13.8 Å². The third-order valence-electron chi connectivity index (χ3n) is 3.34. The number of likely N-dealkylation sites (N-methyl/N-ethyl adjacent to an activating group) is 1. The van der Waals surface area contributed by atoms with Crippen LogP contribution in [0, 0.1) is 0 Å². The molecule has 0 radical (unpaired) electrons. The van der Waals surface area contributed by atoms with E-state index in [-0.39, 0.29) is 12.4 Å². The number of aromatic nitrogens is 1. The number of rotatable bonds is 6. The highest BCUT2D eigenvalue weighted by molar-refractivity contribution is 6.31. The second-order valence-corrected chi connectivity index (χ2v) is 4.91. The fraction of sp³-hybridized carbons (Fsp3) is 0.400. The van der Waals surface area contributed by atoms with Crippen molar-refractivity contribution in [3.05, 3.63) is 35.5 Å². The quantitative estimate of drug-likeness (QED) is 0.871. The zero-order valence-corrected chi connectivity index (χ0v) is 13.5. The van der Waals surface area contributed by atoms with E-state index in [1.54, 1.807) is 0 Å². The average molecular weight is 314 g/mol. The first-order chi connectivity index (χ1) is 9.24. The van der Waals surface area contributed by atoms with E-state index in [0.29, 0.717) is 0 Å². The third kappa shape index (κ3) is 4.23. The summed E-state index contributed by atoms with van der Waals surface area (Å²) in [6.45, 7) is 8.53. The van der Waals surface area contributed by atoms with E-state index < -0.39 is 0 Å². The van der Waals surface area contributed by atoms with Gasteiger partial charge in [0.1, 0.15) is 0 Å². The molecule has 0 fully saturated rings. The van der Waals surface area contributed by atoms with E-state index in [1.807, 2.05) is 30.5 Å². The highest BCUT2D eigenvalue weighted by Gasteiger charge is 2.03. The topological polar surface area (TPSA) is 28.2 Å². The summed E-state index contributed by atoms with van der Waals surface area (Å²) >= 11 is 5.99. The van der Waals surface area contributed by atoms with Crippen LogP contribution in [0.15, 0.2) is 30.5 Å². The van der Waals surface area contributed by atoms with E-state index in [4.69, 9.17) is 11.6 Å². The first-order valence-electron chi connectivity index (χ1n) is 6.75. The Labute approximate surface area is 131 Å². The summed E-state index contributed by atoms with van der Waals surface area (Å²) in [6, 6.07) is 7.83. The van der Waals surface area contributed by atoms with Crippen molar-refractivity contribution in [2.24, 2.45) is 0 Å². The van der Waals surface area contributed by atoms with Crippen LogP contribution in [-0.2, 0) is 0 Å². The minimum absolute atomic E-state index is 0. The maximum absolute atomic E-state index is 5.99. The van der Waals surface area contributed by atoms with E-state index >= 15 is 0 Å². The maximum atomic E-state index is 5.99. The number of fused-ring (bicyclic) bond motifs is 1. The summed E-state index contributed by atoms with van der Waals surface area (Å²) in [5, 5.41) is 5.32. The number of nitrogens with zero attached hydrogens (tertiary/aromatic N) is 2. The van der Waals surface area contributed by atoms with Crippen LogP contribution in [0.2, 0.25) is 5.02 Å². The van der Waals surface area contributed by atoms with E-state index in [2.05, 4.69) is 29.0 Å². The summed E-state index contributed by atoms with van der Waals surface area (Å²) in [4.78, 5) is 6.74. The number of hydrogen-bond donors (Lipinski definition) is 1. The van der Waals surface area contributed by atoms with Crippen molar-refractivity contribution in [1.82, 2.24) is 9.88 Å². The zero-order chi connectivity index (χ0) is 13.7. The number of hydrogen-bond acceptors (Lipinski definition) is 3. The van der Waals surface area contributed by atoms with Gasteiger partial charge in [0.05, 0.1) is 5.52 Å². The first-order valence-corrected chi connectivity index (χ1v) is 7.13. The standard InChI is InChI=1S/C15H20ClN3.ClH/c1-3-19(4-2)10-9-18-14-7-8-17-15-11-12(16)5-6-13(14)15;/h5-8,11H,3-4,9-10H2,1-2H3,(H,17,18);1H. The predicted octanol–water partition coefficient (Wildman–Crippen LogP) is 4.06. The van der Waals surface area contributed by atoms with Crippen LogP contribution in [0.3, 0.4) is 0 Å². The number of nitrogens with one attached hydrogen (secondary N) is 1. The van der Waals surface area contributed by atoms with Crippen LogP contribution in [0.4, 0.5) is 5.69 Å². The lowest BCUT2D eigenvalue weighted by Gasteiger charge is -2.18. The molecule has 3 nitrogen and oxygen atoms in total. The van der Waals surface area contributed by atoms with Crippen LogP contribution >= 0.6 is 24.0 Å². The van der Waals surface area contributed by atoms with E-state index in [1.165, 1.54) is 0 Å². The lowest BCUT2D eigenvalue weighted by Crippen LogP contribution is -2.28. The van der Waals surface area contributed by atoms with Crippen molar-refractivity contribution in [2.45, 2.75) is 13.8 Å². The second-order valence-electron chi connectivity index (χ2n) is 4.47. The molecule has 0 aliphatic heterocycles. The molecule has 0 aliphatic carbocycles. The molecule has 2 aromatic rings. The Hall–Kier alpha value is -1.03. The number of benzene rings is 1. The zero-order valence-electron chi connectivity index (χ0n) is 11.9. The molecule has 0 bridgehead atoms. The minimum atomic E-state index is 0. The molecule has 110 valence electrons. The molecule has 0 amide bonds. The summed E-state index contributed by atoms with van der Waals surface area (Å²) in [5.74, 6) is 0. The van der Waals surface area contributed by atoms with E-state index in [9.17, 15) is 0 Å². The highest BCUT2D eigenvalue weighted by Crippen LogP contribution is 2.24. The van der Waals surface area contributed by atoms with Crippen LogP contribution < -0.4 is 5.32 Å². The first kappa shape index (κ1) is 17.0. The van der Waals surface area contributed by atoms with Gasteiger partial charge in [0.25, 0.3) is 0 Å². The molecular weight excluding hydrogens is 293 g/mol. The second kappa shape index (κ2) is 8.30. The smallest absolute Gasteiger partial charge is 0.0737 e. The SMILES string of the molecule is CCN(CC)CCNc1ccnc2cc(Cl)ccc12.Cl. The van der Waals surface area contributed by atoms with Gasteiger partial charge in [-0.25, -0.2) is 0 Å². The Morgan fingerprint density at radius 2 is 1.95 bits per heavy atom. The predicted molar refractivity (Wildman–Crippen MR) is 90.3 cm³/mol. The van der Waals surface area contributed by atoms with Gasteiger partial charge < -0.3 is 10.2 Å². The van der Waals surface area contributed by atoms with Crippen molar-refractivity contribution in [3.8, 4) is 0 Å². The monoisotopic (exact) mass is 313 g/mol. The Kier molecular flexibility index (Phi) is 7.06. The molecule has 1 N–H and O–H groups in total. The van der Waals surface area contributed by atoms with Gasteiger partial charge in [-0.3, -0.25) is 4.98 Å². The average Bonchev–Trinajstić information content (AvgIpc) is 2.43. The molecule has 5 heteroatoms. The minimum Gasteiger partial charge on any atom is -0.383 e. The molecule has 0 atom stereocenters. The van der Waals surface area contributed by atoms with Gasteiger partial charge in [-0.15, -0.1) is 12.4 Å². The molecule has 20 heavy (non-hydrogen) atoms. The number of anilines is 1. The number of halogens is 2. The van der Waals surface area contributed by atoms with Gasteiger partial charge in [-0.1, -0.05) is 25.4 Å². The summed E-state index contributed by atoms with van der Waals surface area (Å²) in [7, 11) is 0. The van der Waals surface area contributed by atoms with Crippen molar-refractivity contribution in [3.63, 3.8) is 0 Å². The molecule has 1 aromatic carbocycles. The lowest BCUT2D eigenvalue weighted by molar-refractivity contribution is 0.316.